The maximum atomic E-state index is 13.7. The van der Waals surface area contributed by atoms with Crippen molar-refractivity contribution < 1.29 is 9.59 Å². The molecule has 5 nitrogen and oxygen atoms in total. The molecule has 3 aromatic carbocycles. The average Bonchev–Trinajstić information content (AvgIpc) is 3.12. The first-order valence-electron chi connectivity index (χ1n) is 11.0. The van der Waals surface area contributed by atoms with Crippen LogP contribution in [-0.4, -0.2) is 42.9 Å². The smallest absolute Gasteiger partial charge is 0.283 e. The summed E-state index contributed by atoms with van der Waals surface area (Å²) >= 11 is 19.6. The molecule has 35 heavy (non-hydrogen) atoms. The van der Waals surface area contributed by atoms with Crippen molar-refractivity contribution in [1.82, 2.24) is 4.90 Å². The second-order valence-electron chi connectivity index (χ2n) is 8.09. The van der Waals surface area contributed by atoms with Crippen molar-refractivity contribution in [3.8, 4) is 0 Å². The van der Waals surface area contributed by atoms with Gasteiger partial charge in [0.1, 0.15) is 10.6 Å². The van der Waals surface area contributed by atoms with Gasteiger partial charge in [-0.05, 0) is 54.6 Å². The number of carbonyl (C=O) groups excluding carboxylic acids is 2. The third kappa shape index (κ3) is 4.89. The fraction of sp³-hybridized carbons (Fsp3) is 0.154. The Morgan fingerprint density at radius 1 is 0.657 bits per heavy atom. The van der Waals surface area contributed by atoms with Gasteiger partial charge in [-0.1, -0.05) is 64.8 Å². The van der Waals surface area contributed by atoms with E-state index < -0.39 is 0 Å². The molecular weight excluding hydrogens is 525 g/mol. The number of amides is 2. The monoisotopic (exact) mass is 543 g/mol. The fourth-order valence-electron chi connectivity index (χ4n) is 4.18. The van der Waals surface area contributed by atoms with E-state index in [9.17, 15) is 9.59 Å². The van der Waals surface area contributed by atoms with E-state index in [-0.39, 0.29) is 16.8 Å². The lowest BCUT2D eigenvalue weighted by Gasteiger charge is -2.37. The standard InChI is InChI=1S/C26H20Cl3N3O2S/c27-17-6-9-20(10-7-17)35-24-23(31-14-12-30(13-15-31)18-4-2-1-3-5-18)25(33)32(26(24)34)19-8-11-21(28)22(29)16-19/h1-11,16H,12-15H2. The van der Waals surface area contributed by atoms with Crippen LogP contribution >= 0.6 is 46.6 Å². The van der Waals surface area contributed by atoms with Gasteiger partial charge in [-0.25, -0.2) is 4.90 Å². The van der Waals surface area contributed by atoms with Crippen LogP contribution in [0.4, 0.5) is 11.4 Å². The molecule has 0 spiro atoms. The Bertz CT molecular complexity index is 1310. The minimum Gasteiger partial charge on any atom is -0.368 e. The molecule has 0 aliphatic carbocycles. The van der Waals surface area contributed by atoms with Crippen molar-refractivity contribution in [2.75, 3.05) is 36.0 Å². The topological polar surface area (TPSA) is 43.9 Å². The van der Waals surface area contributed by atoms with Gasteiger partial charge in [0.15, 0.2) is 0 Å². The number of rotatable bonds is 5. The third-order valence-electron chi connectivity index (χ3n) is 5.93. The Hall–Kier alpha value is -2.64. The average molecular weight is 545 g/mol. The number of nitrogens with zero attached hydrogens (tertiary/aromatic N) is 3. The molecule has 2 aliphatic heterocycles. The number of benzene rings is 3. The van der Waals surface area contributed by atoms with Crippen molar-refractivity contribution in [3.05, 3.63) is 98.5 Å². The van der Waals surface area contributed by atoms with Crippen LogP contribution in [0.25, 0.3) is 0 Å². The number of piperazine rings is 1. The fourth-order valence-corrected chi connectivity index (χ4v) is 5.59. The molecule has 0 N–H and O–H groups in total. The Kier molecular flexibility index (Phi) is 6.98. The highest BCUT2D eigenvalue weighted by molar-refractivity contribution is 8.04. The van der Waals surface area contributed by atoms with Gasteiger partial charge in [-0.2, -0.15) is 0 Å². The van der Waals surface area contributed by atoms with Gasteiger partial charge in [0, 0.05) is 41.8 Å². The molecule has 0 radical (unpaired) electrons. The molecule has 0 bridgehead atoms. The SMILES string of the molecule is O=C1C(Sc2ccc(Cl)cc2)=C(N2CCN(c3ccccc3)CC2)C(=O)N1c1ccc(Cl)c(Cl)c1. The molecule has 2 amide bonds. The van der Waals surface area contributed by atoms with Gasteiger partial charge >= 0.3 is 0 Å². The molecule has 0 saturated carbocycles. The Morgan fingerprint density at radius 2 is 1.31 bits per heavy atom. The van der Waals surface area contributed by atoms with Gasteiger partial charge in [-0.3, -0.25) is 9.59 Å². The minimum atomic E-state index is -0.381. The highest BCUT2D eigenvalue weighted by atomic mass is 35.5. The van der Waals surface area contributed by atoms with Crippen LogP contribution in [0.2, 0.25) is 15.1 Å². The summed E-state index contributed by atoms with van der Waals surface area (Å²) in [6, 6.07) is 22.1. The largest absolute Gasteiger partial charge is 0.368 e. The zero-order valence-electron chi connectivity index (χ0n) is 18.5. The van der Waals surface area contributed by atoms with Crippen LogP contribution < -0.4 is 9.80 Å². The van der Waals surface area contributed by atoms with Gasteiger partial charge in [0.05, 0.1) is 15.7 Å². The summed E-state index contributed by atoms with van der Waals surface area (Å²) in [4.78, 5) is 34.0. The number of halogens is 3. The number of hydrogen-bond acceptors (Lipinski definition) is 5. The number of hydrogen-bond donors (Lipinski definition) is 0. The van der Waals surface area contributed by atoms with Gasteiger partial charge in [0.25, 0.3) is 11.8 Å². The molecule has 1 fully saturated rings. The molecule has 3 aromatic rings. The van der Waals surface area contributed by atoms with Crippen LogP contribution in [0.5, 0.6) is 0 Å². The van der Waals surface area contributed by atoms with E-state index in [2.05, 4.69) is 17.0 Å². The van der Waals surface area contributed by atoms with Crippen molar-refractivity contribution in [2.24, 2.45) is 0 Å². The van der Waals surface area contributed by atoms with Crippen molar-refractivity contribution in [2.45, 2.75) is 4.90 Å². The summed E-state index contributed by atoms with van der Waals surface area (Å²) in [6.07, 6.45) is 0. The Balaban J connectivity index is 1.47. The van der Waals surface area contributed by atoms with Crippen molar-refractivity contribution in [3.63, 3.8) is 0 Å². The van der Waals surface area contributed by atoms with Crippen LogP contribution in [0.1, 0.15) is 0 Å². The predicted molar refractivity (Wildman–Crippen MR) is 144 cm³/mol. The number of imide groups is 1. The molecule has 0 aromatic heterocycles. The number of thioether (sulfide) groups is 1. The lowest BCUT2D eigenvalue weighted by Crippen LogP contribution is -2.47. The third-order valence-corrected chi connectivity index (χ3v) is 8.00. The molecule has 178 valence electrons. The molecule has 0 atom stereocenters. The maximum absolute atomic E-state index is 13.7. The van der Waals surface area contributed by atoms with Gasteiger partial charge in [0.2, 0.25) is 0 Å². The Labute approximate surface area is 222 Å². The second kappa shape index (κ2) is 10.2. The molecule has 1 saturated heterocycles. The zero-order chi connectivity index (χ0) is 24.5. The first-order chi connectivity index (χ1) is 16.9. The summed E-state index contributed by atoms with van der Waals surface area (Å²) in [5, 5.41) is 1.24. The van der Waals surface area contributed by atoms with Crippen LogP contribution in [0.15, 0.2) is 88.3 Å². The molecule has 5 rings (SSSR count). The molecular formula is C26H20Cl3N3O2S. The zero-order valence-corrected chi connectivity index (χ0v) is 21.5. The first kappa shape index (κ1) is 24.1. The number of anilines is 2. The van der Waals surface area contributed by atoms with E-state index in [1.165, 1.54) is 16.7 Å². The summed E-state index contributed by atoms with van der Waals surface area (Å²) in [7, 11) is 0. The lowest BCUT2D eigenvalue weighted by molar-refractivity contribution is -0.121. The highest BCUT2D eigenvalue weighted by Crippen LogP contribution is 2.40. The lowest BCUT2D eigenvalue weighted by atomic mass is 10.2. The highest BCUT2D eigenvalue weighted by Gasteiger charge is 2.43. The molecule has 9 heteroatoms. The van der Waals surface area contributed by atoms with Crippen LogP contribution in [0.3, 0.4) is 0 Å². The van der Waals surface area contributed by atoms with Crippen LogP contribution in [0, 0.1) is 0 Å². The van der Waals surface area contributed by atoms with E-state index in [4.69, 9.17) is 34.8 Å². The summed E-state index contributed by atoms with van der Waals surface area (Å²) in [5.74, 6) is -0.744. The Morgan fingerprint density at radius 3 is 1.97 bits per heavy atom. The summed E-state index contributed by atoms with van der Waals surface area (Å²) in [6.45, 7) is 2.70. The van der Waals surface area contributed by atoms with Gasteiger partial charge in [-0.15, -0.1) is 0 Å². The quantitative estimate of drug-likeness (QED) is 0.350. The summed E-state index contributed by atoms with van der Waals surface area (Å²) in [5.41, 5.74) is 1.94. The summed E-state index contributed by atoms with van der Waals surface area (Å²) < 4.78 is 0. The van der Waals surface area contributed by atoms with E-state index in [1.54, 1.807) is 30.3 Å². The van der Waals surface area contributed by atoms with Crippen molar-refractivity contribution >= 4 is 69.8 Å². The number of carbonyl (C=O) groups is 2. The minimum absolute atomic E-state index is 0.279. The second-order valence-corrected chi connectivity index (χ2v) is 10.4. The van der Waals surface area contributed by atoms with E-state index >= 15 is 0 Å². The molecule has 2 aliphatic rings. The van der Waals surface area contributed by atoms with E-state index in [0.29, 0.717) is 39.4 Å². The molecule has 2 heterocycles. The maximum Gasteiger partial charge on any atom is 0.283 e. The van der Waals surface area contributed by atoms with Crippen molar-refractivity contribution in [1.29, 1.82) is 0 Å². The predicted octanol–water partition coefficient (Wildman–Crippen LogP) is 6.35. The normalized spacial score (nSPS) is 16.5. The molecule has 0 unspecified atom stereocenters. The number of para-hydroxylation sites is 1. The van der Waals surface area contributed by atoms with E-state index in [0.717, 1.165) is 23.7 Å². The first-order valence-corrected chi connectivity index (χ1v) is 12.9. The van der Waals surface area contributed by atoms with E-state index in [1.807, 2.05) is 35.2 Å². The van der Waals surface area contributed by atoms with Gasteiger partial charge < -0.3 is 9.80 Å². The van der Waals surface area contributed by atoms with Crippen LogP contribution in [-0.2, 0) is 9.59 Å².